The maximum absolute atomic E-state index is 12.7. The number of ether oxygens (including phenoxy) is 1. The van der Waals surface area contributed by atoms with E-state index in [1.165, 1.54) is 0 Å². The van der Waals surface area contributed by atoms with Crippen molar-refractivity contribution < 1.29 is 13.9 Å². The largest absolute Gasteiger partial charge is 0.458 e. The molecule has 1 fully saturated rings. The molecule has 1 saturated heterocycles. The molecule has 6 heteroatoms. The zero-order valence-electron chi connectivity index (χ0n) is 11.3. The predicted molar refractivity (Wildman–Crippen MR) is 73.4 cm³/mol. The first-order valence-corrected chi connectivity index (χ1v) is 6.71. The molecule has 3 rings (SSSR count). The van der Waals surface area contributed by atoms with Crippen molar-refractivity contribution in [2.45, 2.75) is 12.5 Å². The van der Waals surface area contributed by atoms with Gasteiger partial charge in [0.2, 0.25) is 0 Å². The van der Waals surface area contributed by atoms with Crippen LogP contribution in [0.1, 0.15) is 16.8 Å². The Kier molecular flexibility index (Phi) is 3.77. The molecular formula is C15H14FN3O2. The van der Waals surface area contributed by atoms with E-state index in [0.29, 0.717) is 25.1 Å². The van der Waals surface area contributed by atoms with E-state index in [9.17, 15) is 9.18 Å². The highest BCUT2D eigenvalue weighted by Crippen LogP contribution is 2.17. The SMILES string of the molecule is O=C(c1ccccc1)N1CC[C@H](Oc2ncc(F)cn2)C1. The van der Waals surface area contributed by atoms with Crippen LogP contribution in [0.25, 0.3) is 0 Å². The van der Waals surface area contributed by atoms with Gasteiger partial charge in [0.05, 0.1) is 18.9 Å². The van der Waals surface area contributed by atoms with Gasteiger partial charge < -0.3 is 9.64 Å². The Morgan fingerprint density at radius 3 is 2.67 bits per heavy atom. The van der Waals surface area contributed by atoms with Crippen LogP contribution in [0, 0.1) is 5.82 Å². The number of benzene rings is 1. The van der Waals surface area contributed by atoms with Crippen LogP contribution in [0.4, 0.5) is 4.39 Å². The van der Waals surface area contributed by atoms with Crippen molar-refractivity contribution >= 4 is 5.91 Å². The quantitative estimate of drug-likeness (QED) is 0.865. The number of carbonyl (C=O) groups excluding carboxylic acids is 1. The molecule has 1 aliphatic rings. The van der Waals surface area contributed by atoms with Crippen LogP contribution < -0.4 is 4.74 Å². The summed E-state index contributed by atoms with van der Waals surface area (Å²) >= 11 is 0. The monoisotopic (exact) mass is 287 g/mol. The smallest absolute Gasteiger partial charge is 0.316 e. The van der Waals surface area contributed by atoms with Crippen molar-refractivity contribution in [2.24, 2.45) is 0 Å². The normalized spacial score (nSPS) is 17.8. The maximum atomic E-state index is 12.7. The molecule has 1 aromatic carbocycles. The summed E-state index contributed by atoms with van der Waals surface area (Å²) in [5, 5.41) is 0. The third kappa shape index (κ3) is 3.16. The van der Waals surface area contributed by atoms with Gasteiger partial charge in [-0.1, -0.05) is 18.2 Å². The van der Waals surface area contributed by atoms with Gasteiger partial charge in [-0.05, 0) is 12.1 Å². The number of aromatic nitrogens is 2. The number of rotatable bonds is 3. The Hall–Kier alpha value is -2.50. The molecule has 0 radical (unpaired) electrons. The fourth-order valence-electron chi connectivity index (χ4n) is 2.28. The Morgan fingerprint density at radius 1 is 1.24 bits per heavy atom. The number of hydrogen-bond acceptors (Lipinski definition) is 4. The van der Waals surface area contributed by atoms with Gasteiger partial charge in [-0.2, -0.15) is 0 Å². The van der Waals surface area contributed by atoms with Crippen LogP contribution in [0.3, 0.4) is 0 Å². The van der Waals surface area contributed by atoms with Crippen LogP contribution in [0.2, 0.25) is 0 Å². The lowest BCUT2D eigenvalue weighted by Crippen LogP contribution is -2.31. The van der Waals surface area contributed by atoms with E-state index in [4.69, 9.17) is 4.74 Å². The van der Waals surface area contributed by atoms with E-state index in [2.05, 4.69) is 9.97 Å². The summed E-state index contributed by atoms with van der Waals surface area (Å²) in [6.07, 6.45) is 2.66. The Morgan fingerprint density at radius 2 is 1.95 bits per heavy atom. The van der Waals surface area contributed by atoms with E-state index in [0.717, 1.165) is 12.4 Å². The summed E-state index contributed by atoms with van der Waals surface area (Å²) in [5.74, 6) is -0.517. The van der Waals surface area contributed by atoms with Crippen LogP contribution in [-0.4, -0.2) is 40.0 Å². The molecule has 0 bridgehead atoms. The number of amides is 1. The third-order valence-corrected chi connectivity index (χ3v) is 3.32. The summed E-state index contributed by atoms with van der Waals surface area (Å²) in [6.45, 7) is 1.11. The molecule has 1 atom stereocenters. The van der Waals surface area contributed by atoms with Crippen molar-refractivity contribution in [3.8, 4) is 6.01 Å². The molecule has 0 saturated carbocycles. The Balaban J connectivity index is 1.60. The first-order valence-electron chi connectivity index (χ1n) is 6.71. The molecule has 1 aromatic heterocycles. The van der Waals surface area contributed by atoms with Crippen LogP contribution >= 0.6 is 0 Å². The Bertz CT molecular complexity index is 619. The summed E-state index contributed by atoms with van der Waals surface area (Å²) in [6, 6.07) is 9.26. The number of nitrogens with zero attached hydrogens (tertiary/aromatic N) is 3. The maximum Gasteiger partial charge on any atom is 0.316 e. The summed E-state index contributed by atoms with van der Waals surface area (Å²) in [4.78, 5) is 21.5. The second kappa shape index (κ2) is 5.87. The van der Waals surface area contributed by atoms with Gasteiger partial charge in [0.15, 0.2) is 5.82 Å². The highest BCUT2D eigenvalue weighted by molar-refractivity contribution is 5.94. The van der Waals surface area contributed by atoms with Gasteiger partial charge in [0, 0.05) is 18.5 Å². The van der Waals surface area contributed by atoms with Crippen LogP contribution in [0.5, 0.6) is 6.01 Å². The molecule has 2 aromatic rings. The minimum atomic E-state index is -0.505. The fraction of sp³-hybridized carbons (Fsp3) is 0.267. The predicted octanol–water partition coefficient (Wildman–Crippen LogP) is 1.91. The van der Waals surface area contributed by atoms with E-state index >= 15 is 0 Å². The Labute approximate surface area is 121 Å². The van der Waals surface area contributed by atoms with Gasteiger partial charge in [-0.25, -0.2) is 14.4 Å². The molecule has 2 heterocycles. The molecule has 0 spiro atoms. The summed E-state index contributed by atoms with van der Waals surface area (Å²) < 4.78 is 18.3. The summed E-state index contributed by atoms with van der Waals surface area (Å²) in [5.41, 5.74) is 0.663. The molecular weight excluding hydrogens is 273 g/mol. The molecule has 1 amide bonds. The standard InChI is InChI=1S/C15H14FN3O2/c16-12-8-17-15(18-9-12)21-13-6-7-19(10-13)14(20)11-4-2-1-3-5-11/h1-5,8-9,13H,6-7,10H2/t13-/m0/s1. The van der Waals surface area contributed by atoms with Crippen molar-refractivity contribution in [1.29, 1.82) is 0 Å². The van der Waals surface area contributed by atoms with Crippen molar-refractivity contribution in [1.82, 2.24) is 14.9 Å². The van der Waals surface area contributed by atoms with E-state index in [1.54, 1.807) is 17.0 Å². The lowest BCUT2D eigenvalue weighted by atomic mass is 10.2. The molecule has 21 heavy (non-hydrogen) atoms. The number of halogens is 1. The molecule has 108 valence electrons. The average Bonchev–Trinajstić information content (AvgIpc) is 2.98. The number of likely N-dealkylation sites (tertiary alicyclic amines) is 1. The van der Waals surface area contributed by atoms with Crippen LogP contribution in [0.15, 0.2) is 42.7 Å². The first-order chi connectivity index (χ1) is 10.2. The lowest BCUT2D eigenvalue weighted by molar-refractivity contribution is 0.0769. The van der Waals surface area contributed by atoms with E-state index < -0.39 is 5.82 Å². The molecule has 0 aliphatic carbocycles. The zero-order valence-corrected chi connectivity index (χ0v) is 11.3. The van der Waals surface area contributed by atoms with Crippen molar-refractivity contribution in [2.75, 3.05) is 13.1 Å². The van der Waals surface area contributed by atoms with E-state index in [1.807, 2.05) is 18.2 Å². The topological polar surface area (TPSA) is 55.3 Å². The minimum absolute atomic E-state index is 0.0123. The average molecular weight is 287 g/mol. The van der Waals surface area contributed by atoms with Gasteiger partial charge in [0.25, 0.3) is 5.91 Å². The van der Waals surface area contributed by atoms with Gasteiger partial charge in [0.1, 0.15) is 6.10 Å². The highest BCUT2D eigenvalue weighted by atomic mass is 19.1. The van der Waals surface area contributed by atoms with E-state index in [-0.39, 0.29) is 18.0 Å². The number of carbonyl (C=O) groups is 1. The molecule has 1 aliphatic heterocycles. The minimum Gasteiger partial charge on any atom is -0.458 e. The third-order valence-electron chi connectivity index (χ3n) is 3.32. The van der Waals surface area contributed by atoms with Gasteiger partial charge in [-0.15, -0.1) is 0 Å². The summed E-state index contributed by atoms with van der Waals surface area (Å²) in [7, 11) is 0. The lowest BCUT2D eigenvalue weighted by Gasteiger charge is -2.16. The van der Waals surface area contributed by atoms with Gasteiger partial charge >= 0.3 is 6.01 Å². The molecule has 0 N–H and O–H groups in total. The second-order valence-electron chi connectivity index (χ2n) is 4.83. The molecule has 5 nitrogen and oxygen atoms in total. The molecule has 0 unspecified atom stereocenters. The van der Waals surface area contributed by atoms with Crippen LogP contribution in [-0.2, 0) is 0 Å². The van der Waals surface area contributed by atoms with Gasteiger partial charge in [-0.3, -0.25) is 4.79 Å². The second-order valence-corrected chi connectivity index (χ2v) is 4.83. The van der Waals surface area contributed by atoms with Crippen molar-refractivity contribution in [3.63, 3.8) is 0 Å². The highest BCUT2D eigenvalue weighted by Gasteiger charge is 2.28. The first kappa shape index (κ1) is 13.5. The fourth-order valence-corrected chi connectivity index (χ4v) is 2.28. The zero-order chi connectivity index (χ0) is 14.7. The number of hydrogen-bond donors (Lipinski definition) is 0. The van der Waals surface area contributed by atoms with Crippen molar-refractivity contribution in [3.05, 3.63) is 54.1 Å².